The van der Waals surface area contributed by atoms with Crippen molar-refractivity contribution in [2.75, 3.05) is 19.7 Å². The van der Waals surface area contributed by atoms with Gasteiger partial charge in [0.2, 0.25) is 11.8 Å². The summed E-state index contributed by atoms with van der Waals surface area (Å²) in [5, 5.41) is 9.28. The van der Waals surface area contributed by atoms with E-state index in [1.807, 2.05) is 18.2 Å². The lowest BCUT2D eigenvalue weighted by Gasteiger charge is -2.29. The standard InChI is InChI=1S/C20H24N4O4/c25-17-5-4-15(19(26)23-17)24-9-12-3-1-2-11(18(12)20(24)27)6-22-14-10-28-16-8-21-7-13(14)16/h1-3,13-16,21-22H,4-10H2,(H,23,25,26)/t13-,14-,15?,16-/m1/s1. The van der Waals surface area contributed by atoms with Crippen LogP contribution in [0.1, 0.15) is 34.3 Å². The summed E-state index contributed by atoms with van der Waals surface area (Å²) in [6.07, 6.45) is 0.931. The molecule has 0 bridgehead atoms. The Kier molecular flexibility index (Phi) is 4.41. The van der Waals surface area contributed by atoms with E-state index in [2.05, 4.69) is 16.0 Å². The molecule has 3 saturated heterocycles. The minimum Gasteiger partial charge on any atom is -0.375 e. The topological polar surface area (TPSA) is 99.8 Å². The number of amides is 3. The number of hydrogen-bond acceptors (Lipinski definition) is 6. The van der Waals surface area contributed by atoms with E-state index < -0.39 is 6.04 Å². The SMILES string of the molecule is O=C1CCC(N2Cc3cccc(CN[C@@H]4CO[C@@H]5CNC[C@H]45)c3C2=O)C(=O)N1. The number of ether oxygens (including phenoxy) is 1. The van der Waals surface area contributed by atoms with Crippen molar-refractivity contribution >= 4 is 17.7 Å². The maximum absolute atomic E-state index is 13.1. The molecule has 1 aromatic carbocycles. The zero-order valence-electron chi connectivity index (χ0n) is 15.6. The predicted octanol–water partition coefficient (Wildman–Crippen LogP) is -0.476. The zero-order valence-corrected chi connectivity index (χ0v) is 15.6. The second kappa shape index (κ2) is 6.95. The first kappa shape index (κ1) is 17.8. The molecule has 8 nitrogen and oxygen atoms in total. The van der Waals surface area contributed by atoms with Gasteiger partial charge < -0.3 is 20.3 Å². The number of nitrogens with one attached hydrogen (secondary N) is 3. The molecule has 0 aliphatic carbocycles. The van der Waals surface area contributed by atoms with Crippen LogP contribution in [0.4, 0.5) is 0 Å². The molecule has 3 N–H and O–H groups in total. The Morgan fingerprint density at radius 2 is 2.11 bits per heavy atom. The third kappa shape index (κ3) is 2.92. The van der Waals surface area contributed by atoms with E-state index in [-0.39, 0.29) is 36.3 Å². The molecule has 5 rings (SSSR count). The normalized spacial score (nSPS) is 31.9. The lowest BCUT2D eigenvalue weighted by atomic mass is 9.98. The van der Waals surface area contributed by atoms with Gasteiger partial charge in [-0.1, -0.05) is 18.2 Å². The molecule has 0 spiro atoms. The molecule has 3 fully saturated rings. The van der Waals surface area contributed by atoms with Crippen LogP contribution < -0.4 is 16.0 Å². The molecule has 3 amide bonds. The van der Waals surface area contributed by atoms with Gasteiger partial charge in [0.1, 0.15) is 6.04 Å². The van der Waals surface area contributed by atoms with Crippen LogP contribution in [-0.4, -0.2) is 60.5 Å². The van der Waals surface area contributed by atoms with Gasteiger partial charge in [-0.2, -0.15) is 0 Å². The van der Waals surface area contributed by atoms with Gasteiger partial charge in [-0.3, -0.25) is 19.7 Å². The summed E-state index contributed by atoms with van der Waals surface area (Å²) in [6, 6.07) is 5.57. The molecule has 1 aromatic rings. The average molecular weight is 384 g/mol. The number of fused-ring (bicyclic) bond motifs is 2. The summed E-state index contributed by atoms with van der Waals surface area (Å²) in [7, 11) is 0. The van der Waals surface area contributed by atoms with Crippen LogP contribution in [-0.2, 0) is 27.4 Å². The molecule has 8 heteroatoms. The monoisotopic (exact) mass is 384 g/mol. The van der Waals surface area contributed by atoms with E-state index in [1.165, 1.54) is 0 Å². The van der Waals surface area contributed by atoms with Gasteiger partial charge in [-0.05, 0) is 17.5 Å². The second-order valence-electron chi connectivity index (χ2n) is 8.03. The maximum Gasteiger partial charge on any atom is 0.255 e. The third-order valence-electron chi connectivity index (χ3n) is 6.40. The fourth-order valence-corrected chi connectivity index (χ4v) is 4.90. The van der Waals surface area contributed by atoms with E-state index in [4.69, 9.17) is 4.74 Å². The molecule has 0 aromatic heterocycles. The Morgan fingerprint density at radius 3 is 2.96 bits per heavy atom. The third-order valence-corrected chi connectivity index (χ3v) is 6.40. The first-order valence-corrected chi connectivity index (χ1v) is 9.93. The Morgan fingerprint density at radius 1 is 1.21 bits per heavy atom. The highest BCUT2D eigenvalue weighted by Crippen LogP contribution is 2.30. The number of carbonyl (C=O) groups is 3. The number of hydrogen-bond donors (Lipinski definition) is 3. The summed E-state index contributed by atoms with van der Waals surface area (Å²) < 4.78 is 5.84. The average Bonchev–Trinajstić information content (AvgIpc) is 3.36. The maximum atomic E-state index is 13.1. The lowest BCUT2D eigenvalue weighted by molar-refractivity contribution is -0.136. The molecule has 4 aliphatic heterocycles. The van der Waals surface area contributed by atoms with Crippen molar-refractivity contribution < 1.29 is 19.1 Å². The highest BCUT2D eigenvalue weighted by atomic mass is 16.5. The van der Waals surface area contributed by atoms with Crippen molar-refractivity contribution in [2.24, 2.45) is 5.92 Å². The highest BCUT2D eigenvalue weighted by molar-refractivity contribution is 6.05. The van der Waals surface area contributed by atoms with Gasteiger partial charge >= 0.3 is 0 Å². The van der Waals surface area contributed by atoms with E-state index in [1.54, 1.807) is 4.90 Å². The van der Waals surface area contributed by atoms with E-state index in [9.17, 15) is 14.4 Å². The number of benzene rings is 1. The van der Waals surface area contributed by atoms with Crippen LogP contribution in [0.25, 0.3) is 0 Å². The van der Waals surface area contributed by atoms with Gasteiger partial charge in [0, 0.05) is 50.1 Å². The molecule has 0 saturated carbocycles. The summed E-state index contributed by atoms with van der Waals surface area (Å²) in [5.41, 5.74) is 2.59. The van der Waals surface area contributed by atoms with Crippen molar-refractivity contribution in [2.45, 2.75) is 44.1 Å². The number of carbonyl (C=O) groups excluding carboxylic acids is 3. The fraction of sp³-hybridized carbons (Fsp3) is 0.550. The van der Waals surface area contributed by atoms with Crippen LogP contribution in [0.15, 0.2) is 18.2 Å². The van der Waals surface area contributed by atoms with Crippen molar-refractivity contribution in [1.82, 2.24) is 20.9 Å². The minimum absolute atomic E-state index is 0.120. The molecular weight excluding hydrogens is 360 g/mol. The van der Waals surface area contributed by atoms with Gasteiger partial charge in [0.15, 0.2) is 0 Å². The molecule has 4 aliphatic rings. The molecule has 1 unspecified atom stereocenters. The molecule has 148 valence electrons. The molecule has 28 heavy (non-hydrogen) atoms. The molecule has 4 heterocycles. The Bertz CT molecular complexity index is 841. The Labute approximate surface area is 163 Å². The van der Waals surface area contributed by atoms with Crippen LogP contribution in [0.5, 0.6) is 0 Å². The lowest BCUT2D eigenvalue weighted by Crippen LogP contribution is -2.52. The van der Waals surface area contributed by atoms with E-state index >= 15 is 0 Å². The van der Waals surface area contributed by atoms with Crippen LogP contribution in [0, 0.1) is 5.92 Å². The number of imide groups is 1. The quantitative estimate of drug-likeness (QED) is 0.607. The Balaban J connectivity index is 1.31. The summed E-state index contributed by atoms with van der Waals surface area (Å²) >= 11 is 0. The fourth-order valence-electron chi connectivity index (χ4n) is 4.90. The number of rotatable bonds is 4. The molecule has 0 radical (unpaired) electrons. The van der Waals surface area contributed by atoms with E-state index in [0.29, 0.717) is 37.6 Å². The summed E-state index contributed by atoms with van der Waals surface area (Å²) in [6.45, 7) is 3.56. The van der Waals surface area contributed by atoms with Crippen LogP contribution >= 0.6 is 0 Å². The van der Waals surface area contributed by atoms with Crippen LogP contribution in [0.2, 0.25) is 0 Å². The smallest absolute Gasteiger partial charge is 0.255 e. The highest BCUT2D eigenvalue weighted by Gasteiger charge is 2.42. The van der Waals surface area contributed by atoms with Crippen molar-refractivity contribution in [3.63, 3.8) is 0 Å². The largest absolute Gasteiger partial charge is 0.375 e. The Hall–Kier alpha value is -2.29. The van der Waals surface area contributed by atoms with E-state index in [0.717, 1.165) is 24.2 Å². The van der Waals surface area contributed by atoms with Crippen molar-refractivity contribution in [1.29, 1.82) is 0 Å². The number of nitrogens with zero attached hydrogens (tertiary/aromatic N) is 1. The summed E-state index contributed by atoms with van der Waals surface area (Å²) in [4.78, 5) is 38.4. The second-order valence-corrected chi connectivity index (χ2v) is 8.03. The van der Waals surface area contributed by atoms with Crippen LogP contribution in [0.3, 0.4) is 0 Å². The van der Waals surface area contributed by atoms with Gasteiger partial charge in [0.05, 0.1) is 12.7 Å². The van der Waals surface area contributed by atoms with Crippen molar-refractivity contribution in [3.05, 3.63) is 34.9 Å². The first-order chi connectivity index (χ1) is 13.6. The van der Waals surface area contributed by atoms with Gasteiger partial charge in [0.25, 0.3) is 5.91 Å². The minimum atomic E-state index is -0.577. The van der Waals surface area contributed by atoms with Gasteiger partial charge in [-0.15, -0.1) is 0 Å². The molecule has 4 atom stereocenters. The first-order valence-electron chi connectivity index (χ1n) is 9.93. The zero-order chi connectivity index (χ0) is 19.3. The van der Waals surface area contributed by atoms with Gasteiger partial charge in [-0.25, -0.2) is 0 Å². The van der Waals surface area contributed by atoms with Crippen molar-refractivity contribution in [3.8, 4) is 0 Å². The molecular formula is C20H24N4O4. The number of piperidine rings is 1. The summed E-state index contributed by atoms with van der Waals surface area (Å²) in [5.74, 6) is -0.300. The predicted molar refractivity (Wildman–Crippen MR) is 99.2 cm³/mol.